The lowest BCUT2D eigenvalue weighted by molar-refractivity contribution is -0.116. The number of hydrogen-bond acceptors (Lipinski definition) is 5. The number of anilines is 1. The van der Waals surface area contributed by atoms with E-state index in [1.807, 2.05) is 0 Å². The molecule has 0 saturated carbocycles. The van der Waals surface area contributed by atoms with E-state index in [4.69, 9.17) is 4.74 Å². The van der Waals surface area contributed by atoms with Crippen LogP contribution in [0.3, 0.4) is 0 Å². The van der Waals surface area contributed by atoms with Crippen LogP contribution in [0.4, 0.5) is 23.2 Å². The molecule has 0 saturated heterocycles. The number of aromatic nitrogens is 2. The minimum Gasteiger partial charge on any atom is -0.493 e. The first-order chi connectivity index (χ1) is 13.9. The van der Waals surface area contributed by atoms with Crippen LogP contribution in [-0.4, -0.2) is 34.9 Å². The van der Waals surface area contributed by atoms with Gasteiger partial charge in [0.2, 0.25) is 5.91 Å². The molecule has 2 aromatic carbocycles. The number of halogens is 4. The zero-order valence-corrected chi connectivity index (χ0v) is 15.8. The summed E-state index contributed by atoms with van der Waals surface area (Å²) in [6.07, 6.45) is 0. The maximum atomic E-state index is 12.9. The lowest BCUT2D eigenvalue weighted by Gasteiger charge is -2.13. The van der Waals surface area contributed by atoms with Gasteiger partial charge < -0.3 is 19.4 Å². The van der Waals surface area contributed by atoms with Gasteiger partial charge in [-0.1, -0.05) is 12.1 Å². The summed E-state index contributed by atoms with van der Waals surface area (Å²) in [6.45, 7) is -3.37. The van der Waals surface area contributed by atoms with Gasteiger partial charge in [0.25, 0.3) is 5.76 Å². The average Bonchev–Trinajstić information content (AvgIpc) is 2.98. The van der Waals surface area contributed by atoms with Gasteiger partial charge in [-0.25, -0.2) is 4.98 Å². The predicted octanol–water partition coefficient (Wildman–Crippen LogP) is 4.60. The summed E-state index contributed by atoms with van der Waals surface area (Å²) in [4.78, 5) is 16.6. The minimum absolute atomic E-state index is 0.00666. The molecule has 0 atom stereocenters. The molecule has 1 aromatic heterocycles. The minimum atomic E-state index is -3.07. The van der Waals surface area contributed by atoms with Crippen LogP contribution in [-0.2, 0) is 11.3 Å². The van der Waals surface area contributed by atoms with E-state index in [2.05, 4.69) is 15.0 Å². The highest BCUT2D eigenvalue weighted by Gasteiger charge is 2.18. The fraction of sp³-hybridized carbons (Fsp3) is 0.222. The Balaban J connectivity index is 1.82. The molecule has 3 aromatic rings. The van der Waals surface area contributed by atoms with E-state index < -0.39 is 18.3 Å². The molecule has 0 bridgehead atoms. The lowest BCUT2D eigenvalue weighted by Crippen LogP contribution is -2.19. The summed E-state index contributed by atoms with van der Waals surface area (Å²) in [6, 6.07) is 10.7. The maximum absolute atomic E-state index is 12.9. The first-order valence-electron chi connectivity index (χ1n) is 8.20. The number of para-hydroxylation sites is 2. The first-order valence-corrected chi connectivity index (χ1v) is 9.08. The third-order valence-corrected chi connectivity index (χ3v) is 4.48. The van der Waals surface area contributed by atoms with Gasteiger partial charge in [0.15, 0.2) is 16.7 Å². The van der Waals surface area contributed by atoms with Gasteiger partial charge in [0, 0.05) is 11.8 Å². The molecule has 0 fully saturated rings. The molecule has 0 aliphatic heterocycles. The number of nitrogens with zero attached hydrogens (tertiary/aromatic N) is 2. The van der Waals surface area contributed by atoms with Crippen molar-refractivity contribution in [3.63, 3.8) is 0 Å². The number of benzene rings is 2. The number of carbonyl (C=O) groups is 1. The zero-order valence-electron chi connectivity index (χ0n) is 14.9. The summed E-state index contributed by atoms with van der Waals surface area (Å²) in [5.41, 5.74) is 1.17. The molecule has 0 aliphatic rings. The average molecular weight is 429 g/mol. The van der Waals surface area contributed by atoms with E-state index in [-0.39, 0.29) is 40.6 Å². The van der Waals surface area contributed by atoms with Crippen molar-refractivity contribution >= 4 is 34.4 Å². The Morgan fingerprint density at radius 2 is 1.93 bits per heavy atom. The largest absolute Gasteiger partial charge is 0.493 e. The van der Waals surface area contributed by atoms with Crippen molar-refractivity contribution in [3.05, 3.63) is 42.5 Å². The molecule has 1 amide bonds. The summed E-state index contributed by atoms with van der Waals surface area (Å²) in [5, 5.41) is 2.52. The van der Waals surface area contributed by atoms with Crippen molar-refractivity contribution in [3.8, 4) is 11.5 Å². The van der Waals surface area contributed by atoms with Crippen molar-refractivity contribution < 1.29 is 31.8 Å². The van der Waals surface area contributed by atoms with Crippen LogP contribution in [0.5, 0.6) is 11.5 Å². The Hall–Kier alpha value is -2.95. The fourth-order valence-electron chi connectivity index (χ4n) is 2.66. The Bertz CT molecular complexity index is 1010. The number of imidazole rings is 1. The van der Waals surface area contributed by atoms with Crippen LogP contribution in [0.1, 0.15) is 0 Å². The highest BCUT2D eigenvalue weighted by molar-refractivity contribution is 7.99. The quantitative estimate of drug-likeness (QED) is 0.419. The lowest BCUT2D eigenvalue weighted by atomic mass is 10.2. The highest BCUT2D eigenvalue weighted by Crippen LogP contribution is 2.32. The van der Waals surface area contributed by atoms with Gasteiger partial charge in [0.05, 0.1) is 18.1 Å². The Kier molecular flexibility index (Phi) is 6.47. The molecule has 1 N–H and O–H groups in total. The monoisotopic (exact) mass is 429 g/mol. The topological polar surface area (TPSA) is 65.4 Å². The molecule has 1 heterocycles. The number of ether oxygens (including phenoxy) is 2. The number of nitrogens with one attached hydrogen (secondary N) is 1. The molecule has 0 spiro atoms. The standard InChI is InChI=1S/C18H15F4N3O3S/c1-27-13-7-6-10(8-14(13)28-16(19)20)23-15(26)9-25-12-5-3-2-4-11(12)24-18(25)29-17(21)22/h2-8,16-17H,9H2,1H3,(H,23,26). The zero-order chi connectivity index (χ0) is 21.0. The number of hydrogen-bond donors (Lipinski definition) is 1. The molecule has 0 radical (unpaired) electrons. The number of alkyl halides is 4. The third kappa shape index (κ3) is 5.11. The normalized spacial score (nSPS) is 11.3. The van der Waals surface area contributed by atoms with Crippen LogP contribution in [0.15, 0.2) is 47.6 Å². The van der Waals surface area contributed by atoms with Crippen LogP contribution in [0, 0.1) is 0 Å². The smallest absolute Gasteiger partial charge is 0.387 e. The summed E-state index contributed by atoms with van der Waals surface area (Å²) in [7, 11) is 1.29. The number of rotatable bonds is 8. The van der Waals surface area contributed by atoms with E-state index in [0.29, 0.717) is 11.0 Å². The second-order valence-corrected chi connectivity index (χ2v) is 6.60. The van der Waals surface area contributed by atoms with E-state index in [0.717, 1.165) is 0 Å². The number of carbonyl (C=O) groups excluding carboxylic acids is 1. The molecule has 0 aliphatic carbocycles. The van der Waals surface area contributed by atoms with E-state index in [1.165, 1.54) is 29.9 Å². The Morgan fingerprint density at radius 1 is 1.17 bits per heavy atom. The second-order valence-electron chi connectivity index (χ2n) is 5.64. The Morgan fingerprint density at radius 3 is 2.62 bits per heavy atom. The molecule has 154 valence electrons. The van der Waals surface area contributed by atoms with Gasteiger partial charge in [-0.2, -0.15) is 17.6 Å². The molecule has 3 rings (SSSR count). The number of fused-ring (bicyclic) bond motifs is 1. The van der Waals surface area contributed by atoms with Gasteiger partial charge >= 0.3 is 6.61 Å². The Labute approximate surface area is 166 Å². The van der Waals surface area contributed by atoms with Crippen molar-refractivity contribution in [2.24, 2.45) is 0 Å². The second kappa shape index (κ2) is 9.03. The van der Waals surface area contributed by atoms with Gasteiger partial charge in [-0.05, 0) is 36.0 Å². The molecule has 6 nitrogen and oxygen atoms in total. The molecular weight excluding hydrogens is 414 g/mol. The van der Waals surface area contributed by atoms with Crippen molar-refractivity contribution in [2.45, 2.75) is 24.1 Å². The highest BCUT2D eigenvalue weighted by atomic mass is 32.2. The van der Waals surface area contributed by atoms with Crippen molar-refractivity contribution in [1.82, 2.24) is 9.55 Å². The predicted molar refractivity (Wildman–Crippen MR) is 99.8 cm³/mol. The van der Waals surface area contributed by atoms with Crippen LogP contribution >= 0.6 is 11.8 Å². The van der Waals surface area contributed by atoms with E-state index in [1.54, 1.807) is 24.3 Å². The van der Waals surface area contributed by atoms with Crippen LogP contribution in [0.2, 0.25) is 0 Å². The third-order valence-electron chi connectivity index (χ3n) is 3.78. The van der Waals surface area contributed by atoms with Gasteiger partial charge in [0.1, 0.15) is 6.54 Å². The van der Waals surface area contributed by atoms with E-state index >= 15 is 0 Å². The fourth-order valence-corrected chi connectivity index (χ4v) is 3.26. The SMILES string of the molecule is COc1ccc(NC(=O)Cn2c(SC(F)F)nc3ccccc32)cc1OC(F)F. The number of thioether (sulfide) groups is 1. The van der Waals surface area contributed by atoms with Crippen LogP contribution < -0.4 is 14.8 Å². The molecule has 11 heteroatoms. The van der Waals surface area contributed by atoms with Gasteiger partial charge in [-0.15, -0.1) is 0 Å². The first kappa shape index (κ1) is 20.8. The van der Waals surface area contributed by atoms with Crippen molar-refractivity contribution in [2.75, 3.05) is 12.4 Å². The maximum Gasteiger partial charge on any atom is 0.387 e. The molecule has 29 heavy (non-hydrogen) atoms. The summed E-state index contributed by atoms with van der Waals surface area (Å²) >= 11 is 0.232. The summed E-state index contributed by atoms with van der Waals surface area (Å²) < 4.78 is 61.5. The molecule has 0 unspecified atom stereocenters. The van der Waals surface area contributed by atoms with Gasteiger partial charge in [-0.3, -0.25) is 4.79 Å². The van der Waals surface area contributed by atoms with E-state index in [9.17, 15) is 22.4 Å². The van der Waals surface area contributed by atoms with Crippen LogP contribution in [0.25, 0.3) is 11.0 Å². The number of amides is 1. The molecular formula is C18H15F4N3O3S. The summed E-state index contributed by atoms with van der Waals surface area (Å²) in [5.74, 6) is -3.44. The van der Waals surface area contributed by atoms with Crippen molar-refractivity contribution in [1.29, 1.82) is 0 Å². The number of methoxy groups -OCH3 is 1.